The maximum atomic E-state index is 12.2. The van der Waals surface area contributed by atoms with Gasteiger partial charge in [-0.1, -0.05) is 49.2 Å². The molecule has 0 saturated heterocycles. The Labute approximate surface area is 119 Å². The topological polar surface area (TPSA) is 17.1 Å². The van der Waals surface area contributed by atoms with Crippen LogP contribution in [0.1, 0.15) is 41.3 Å². The second kappa shape index (κ2) is 6.53. The molecule has 0 bridgehead atoms. The van der Waals surface area contributed by atoms with Crippen LogP contribution in [0.4, 0.5) is 0 Å². The van der Waals surface area contributed by atoms with Crippen molar-refractivity contribution in [2.75, 3.05) is 0 Å². The van der Waals surface area contributed by atoms with E-state index >= 15 is 0 Å². The van der Waals surface area contributed by atoms with Crippen molar-refractivity contribution in [2.45, 2.75) is 26.2 Å². The standard InChI is InChI=1S/C17H17ClO/c1-2-3-4-13-5-7-14(8-6-13)17(19)15-9-11-16(18)12-10-15/h5-12H,2-4H2,1H3. The molecule has 19 heavy (non-hydrogen) atoms. The van der Waals surface area contributed by atoms with Crippen molar-refractivity contribution < 1.29 is 4.79 Å². The van der Waals surface area contributed by atoms with Crippen LogP contribution < -0.4 is 0 Å². The van der Waals surface area contributed by atoms with Crippen molar-refractivity contribution >= 4 is 17.4 Å². The third-order valence-corrected chi connectivity index (χ3v) is 3.39. The molecule has 0 aliphatic carbocycles. The molecule has 0 radical (unpaired) electrons. The minimum atomic E-state index is 0.0405. The van der Waals surface area contributed by atoms with E-state index in [1.165, 1.54) is 18.4 Å². The number of carbonyl (C=O) groups excluding carboxylic acids is 1. The molecule has 0 spiro atoms. The lowest BCUT2D eigenvalue weighted by atomic mass is 10.0. The normalized spacial score (nSPS) is 10.4. The van der Waals surface area contributed by atoms with Gasteiger partial charge in [-0.2, -0.15) is 0 Å². The molecule has 0 saturated carbocycles. The highest BCUT2D eigenvalue weighted by Gasteiger charge is 2.08. The van der Waals surface area contributed by atoms with E-state index in [0.717, 1.165) is 12.0 Å². The van der Waals surface area contributed by atoms with E-state index in [0.29, 0.717) is 10.6 Å². The fraction of sp³-hybridized carbons (Fsp3) is 0.235. The van der Waals surface area contributed by atoms with E-state index < -0.39 is 0 Å². The predicted octanol–water partition coefficient (Wildman–Crippen LogP) is 4.91. The molecule has 2 heteroatoms. The van der Waals surface area contributed by atoms with Crippen molar-refractivity contribution in [3.8, 4) is 0 Å². The largest absolute Gasteiger partial charge is 0.289 e. The van der Waals surface area contributed by atoms with Gasteiger partial charge in [-0.15, -0.1) is 0 Å². The van der Waals surface area contributed by atoms with E-state index in [1.54, 1.807) is 24.3 Å². The zero-order valence-corrected chi connectivity index (χ0v) is 11.8. The van der Waals surface area contributed by atoms with E-state index in [1.807, 2.05) is 24.3 Å². The van der Waals surface area contributed by atoms with Crippen molar-refractivity contribution in [3.05, 3.63) is 70.2 Å². The van der Waals surface area contributed by atoms with Crippen LogP contribution in [-0.2, 0) is 6.42 Å². The molecular formula is C17H17ClO. The Balaban J connectivity index is 2.13. The summed E-state index contributed by atoms with van der Waals surface area (Å²) in [5, 5.41) is 0.645. The van der Waals surface area contributed by atoms with Gasteiger partial charge in [-0.05, 0) is 42.7 Å². The Bertz CT molecular complexity index is 540. The van der Waals surface area contributed by atoms with Gasteiger partial charge in [-0.3, -0.25) is 4.79 Å². The lowest BCUT2D eigenvalue weighted by Crippen LogP contribution is -2.01. The molecular weight excluding hydrogens is 256 g/mol. The fourth-order valence-corrected chi connectivity index (χ4v) is 2.10. The quantitative estimate of drug-likeness (QED) is 0.707. The Morgan fingerprint density at radius 3 is 2.00 bits per heavy atom. The van der Waals surface area contributed by atoms with Gasteiger partial charge in [0.05, 0.1) is 0 Å². The number of unbranched alkanes of at least 4 members (excludes halogenated alkanes) is 1. The Morgan fingerprint density at radius 2 is 1.47 bits per heavy atom. The van der Waals surface area contributed by atoms with Crippen molar-refractivity contribution in [1.29, 1.82) is 0 Å². The lowest BCUT2D eigenvalue weighted by molar-refractivity contribution is 0.103. The van der Waals surface area contributed by atoms with Crippen molar-refractivity contribution in [3.63, 3.8) is 0 Å². The number of ketones is 1. The molecule has 0 N–H and O–H groups in total. The van der Waals surface area contributed by atoms with Gasteiger partial charge in [0.1, 0.15) is 0 Å². The zero-order valence-electron chi connectivity index (χ0n) is 11.0. The summed E-state index contributed by atoms with van der Waals surface area (Å²) in [4.78, 5) is 12.2. The summed E-state index contributed by atoms with van der Waals surface area (Å²) in [5.74, 6) is 0.0405. The third kappa shape index (κ3) is 3.68. The van der Waals surface area contributed by atoms with Gasteiger partial charge in [-0.25, -0.2) is 0 Å². The van der Waals surface area contributed by atoms with E-state index in [-0.39, 0.29) is 5.78 Å². The van der Waals surface area contributed by atoms with Gasteiger partial charge >= 0.3 is 0 Å². The van der Waals surface area contributed by atoms with Crippen molar-refractivity contribution in [2.24, 2.45) is 0 Å². The molecule has 0 amide bonds. The number of halogens is 1. The summed E-state index contributed by atoms with van der Waals surface area (Å²) in [5.41, 5.74) is 2.68. The number of aryl methyl sites for hydroxylation is 1. The molecule has 0 heterocycles. The highest BCUT2D eigenvalue weighted by molar-refractivity contribution is 6.30. The van der Waals surface area contributed by atoms with Crippen LogP contribution in [0.5, 0.6) is 0 Å². The van der Waals surface area contributed by atoms with E-state index in [9.17, 15) is 4.79 Å². The molecule has 0 aliphatic heterocycles. The first-order valence-corrected chi connectivity index (χ1v) is 6.97. The van der Waals surface area contributed by atoms with Crippen LogP contribution >= 0.6 is 11.6 Å². The molecule has 0 unspecified atom stereocenters. The number of hydrogen-bond acceptors (Lipinski definition) is 1. The van der Waals surface area contributed by atoms with E-state index in [2.05, 4.69) is 6.92 Å². The van der Waals surface area contributed by atoms with Gasteiger partial charge in [0.25, 0.3) is 0 Å². The molecule has 0 aromatic heterocycles. The maximum absolute atomic E-state index is 12.2. The number of rotatable bonds is 5. The van der Waals surface area contributed by atoms with Crippen LogP contribution in [0, 0.1) is 0 Å². The average molecular weight is 273 g/mol. The highest BCUT2D eigenvalue weighted by atomic mass is 35.5. The van der Waals surface area contributed by atoms with Crippen LogP contribution in [0.25, 0.3) is 0 Å². The first-order valence-electron chi connectivity index (χ1n) is 6.60. The van der Waals surface area contributed by atoms with Crippen LogP contribution in [0.3, 0.4) is 0 Å². The zero-order chi connectivity index (χ0) is 13.7. The molecule has 0 atom stereocenters. The summed E-state index contributed by atoms with van der Waals surface area (Å²) in [6, 6.07) is 14.9. The van der Waals surface area contributed by atoms with Gasteiger partial charge in [0.15, 0.2) is 5.78 Å². The molecule has 2 aromatic carbocycles. The third-order valence-electron chi connectivity index (χ3n) is 3.14. The van der Waals surface area contributed by atoms with E-state index in [4.69, 9.17) is 11.6 Å². The maximum Gasteiger partial charge on any atom is 0.193 e. The van der Waals surface area contributed by atoms with Crippen LogP contribution in [0.2, 0.25) is 5.02 Å². The molecule has 2 aromatic rings. The van der Waals surface area contributed by atoms with Crippen LogP contribution in [-0.4, -0.2) is 5.78 Å². The van der Waals surface area contributed by atoms with Gasteiger partial charge in [0.2, 0.25) is 0 Å². The summed E-state index contributed by atoms with van der Waals surface area (Å²) < 4.78 is 0. The molecule has 0 aliphatic rings. The number of carbonyl (C=O) groups is 1. The second-order valence-corrected chi connectivity index (χ2v) is 5.07. The lowest BCUT2D eigenvalue weighted by Gasteiger charge is -2.04. The highest BCUT2D eigenvalue weighted by Crippen LogP contribution is 2.15. The van der Waals surface area contributed by atoms with Crippen molar-refractivity contribution in [1.82, 2.24) is 0 Å². The summed E-state index contributed by atoms with van der Waals surface area (Å²) >= 11 is 5.82. The minimum absolute atomic E-state index is 0.0405. The monoisotopic (exact) mass is 272 g/mol. The SMILES string of the molecule is CCCCc1ccc(C(=O)c2ccc(Cl)cc2)cc1. The fourth-order valence-electron chi connectivity index (χ4n) is 1.97. The Kier molecular flexibility index (Phi) is 4.75. The first kappa shape index (κ1) is 13.8. The minimum Gasteiger partial charge on any atom is -0.289 e. The Hall–Kier alpha value is -1.60. The Morgan fingerprint density at radius 1 is 0.947 bits per heavy atom. The predicted molar refractivity (Wildman–Crippen MR) is 79.9 cm³/mol. The van der Waals surface area contributed by atoms with Gasteiger partial charge < -0.3 is 0 Å². The summed E-state index contributed by atoms with van der Waals surface area (Å²) in [6.45, 7) is 2.18. The molecule has 1 nitrogen and oxygen atoms in total. The average Bonchev–Trinajstić information content (AvgIpc) is 2.46. The number of hydrogen-bond donors (Lipinski definition) is 0. The summed E-state index contributed by atoms with van der Waals surface area (Å²) in [6.07, 6.45) is 3.45. The van der Waals surface area contributed by atoms with Crippen LogP contribution in [0.15, 0.2) is 48.5 Å². The van der Waals surface area contributed by atoms with Gasteiger partial charge in [0, 0.05) is 16.1 Å². The molecule has 98 valence electrons. The smallest absolute Gasteiger partial charge is 0.193 e. The summed E-state index contributed by atoms with van der Waals surface area (Å²) in [7, 11) is 0. The molecule has 0 fully saturated rings. The molecule has 2 rings (SSSR count). The first-order chi connectivity index (χ1) is 9.20. The second-order valence-electron chi connectivity index (χ2n) is 4.64. The number of benzene rings is 2.